The van der Waals surface area contributed by atoms with Gasteiger partial charge in [0.2, 0.25) is 0 Å². The number of hydrogen-bond donors (Lipinski definition) is 0. The second-order valence-corrected chi connectivity index (χ2v) is 5.28. The van der Waals surface area contributed by atoms with Gasteiger partial charge in [0.15, 0.2) is 0 Å². The first-order valence-corrected chi connectivity index (χ1v) is 6.99. The van der Waals surface area contributed by atoms with Gasteiger partial charge in [-0.2, -0.15) is 0 Å². The molecule has 2 unspecified atom stereocenters. The van der Waals surface area contributed by atoms with E-state index in [0.717, 1.165) is 32.4 Å². The molecule has 0 bridgehead atoms. The van der Waals surface area contributed by atoms with Crippen LogP contribution in [0.15, 0.2) is 0 Å². The highest BCUT2D eigenvalue weighted by molar-refractivity contribution is 5.82. The van der Waals surface area contributed by atoms with Crippen molar-refractivity contribution < 1.29 is 4.79 Å². The Kier molecular flexibility index (Phi) is 4.62. The van der Waals surface area contributed by atoms with E-state index in [1.54, 1.807) is 0 Å². The third kappa shape index (κ3) is 3.10. The molecule has 0 spiro atoms. The van der Waals surface area contributed by atoms with Crippen molar-refractivity contribution in [3.05, 3.63) is 0 Å². The molecule has 0 aromatic heterocycles. The number of hydrogen-bond acceptors (Lipinski definition) is 2. The molecule has 0 N–H and O–H groups in total. The topological polar surface area (TPSA) is 20.3 Å². The van der Waals surface area contributed by atoms with Crippen molar-refractivity contribution in [2.24, 2.45) is 5.92 Å². The molecule has 2 heteroatoms. The quantitative estimate of drug-likeness (QED) is 0.683. The molecule has 1 heterocycles. The van der Waals surface area contributed by atoms with Crippen LogP contribution in [0.3, 0.4) is 0 Å². The number of Topliss-reactive ketones (excluding diaryl/α,β-unsaturated/α-hetero) is 1. The lowest BCUT2D eigenvalue weighted by Crippen LogP contribution is -2.47. The Morgan fingerprint density at radius 2 is 2.06 bits per heavy atom. The molecule has 0 radical (unpaired) electrons. The van der Waals surface area contributed by atoms with Gasteiger partial charge in [0, 0.05) is 18.4 Å². The summed E-state index contributed by atoms with van der Waals surface area (Å²) in [6, 6.07) is 0.484. The molecule has 94 valence electrons. The standard InChI is InChI=1S/C15H23NO/c1-2-3-11-16-12-7-6-9-14(16)13-8-4-5-10-15(13)17/h13-14H,4-12H2,1H3. The van der Waals surface area contributed by atoms with E-state index in [0.29, 0.717) is 17.7 Å². The van der Waals surface area contributed by atoms with E-state index in [4.69, 9.17) is 0 Å². The molecule has 0 aromatic carbocycles. The Morgan fingerprint density at radius 3 is 2.82 bits per heavy atom. The van der Waals surface area contributed by atoms with Crippen LogP contribution in [-0.2, 0) is 4.79 Å². The summed E-state index contributed by atoms with van der Waals surface area (Å²) in [6.07, 6.45) is 8.01. The van der Waals surface area contributed by atoms with Crippen LogP contribution >= 0.6 is 0 Å². The highest BCUT2D eigenvalue weighted by Gasteiger charge is 2.34. The molecule has 2 atom stereocenters. The normalized spacial score (nSPS) is 30.8. The van der Waals surface area contributed by atoms with Crippen LogP contribution in [0.1, 0.15) is 51.9 Å². The van der Waals surface area contributed by atoms with E-state index < -0.39 is 0 Å². The van der Waals surface area contributed by atoms with Crippen LogP contribution in [0.5, 0.6) is 0 Å². The van der Waals surface area contributed by atoms with E-state index in [9.17, 15) is 4.79 Å². The second-order valence-electron chi connectivity index (χ2n) is 5.28. The van der Waals surface area contributed by atoms with Crippen molar-refractivity contribution >= 4 is 5.78 Å². The zero-order valence-corrected chi connectivity index (χ0v) is 10.9. The molecule has 2 rings (SSSR count). The van der Waals surface area contributed by atoms with Crippen LogP contribution in [0, 0.1) is 17.8 Å². The van der Waals surface area contributed by atoms with Crippen LogP contribution in [0.4, 0.5) is 0 Å². The van der Waals surface area contributed by atoms with Gasteiger partial charge in [-0.05, 0) is 39.2 Å². The van der Waals surface area contributed by atoms with Gasteiger partial charge in [0.1, 0.15) is 5.78 Å². The van der Waals surface area contributed by atoms with E-state index in [-0.39, 0.29) is 0 Å². The van der Waals surface area contributed by atoms with Crippen molar-refractivity contribution in [3.63, 3.8) is 0 Å². The number of rotatable bonds is 2. The van der Waals surface area contributed by atoms with Gasteiger partial charge in [0.25, 0.3) is 0 Å². The molecule has 1 aliphatic carbocycles. The molecular formula is C15H23NO. The lowest BCUT2D eigenvalue weighted by Gasteiger charge is -2.40. The molecule has 1 saturated carbocycles. The van der Waals surface area contributed by atoms with Gasteiger partial charge < -0.3 is 0 Å². The summed E-state index contributed by atoms with van der Waals surface area (Å²) in [6.45, 7) is 3.87. The van der Waals surface area contributed by atoms with Crippen LogP contribution < -0.4 is 0 Å². The Labute approximate surface area is 105 Å². The van der Waals surface area contributed by atoms with Crippen LogP contribution in [0.2, 0.25) is 0 Å². The summed E-state index contributed by atoms with van der Waals surface area (Å²) in [5.74, 6) is 6.96. The number of ketones is 1. The van der Waals surface area contributed by atoms with Gasteiger partial charge >= 0.3 is 0 Å². The van der Waals surface area contributed by atoms with Crippen molar-refractivity contribution in [1.82, 2.24) is 4.90 Å². The summed E-state index contributed by atoms with van der Waals surface area (Å²) in [7, 11) is 0. The number of piperidine rings is 1. The Bertz CT molecular complexity index is 326. The van der Waals surface area contributed by atoms with Crippen molar-refractivity contribution in [2.75, 3.05) is 13.1 Å². The molecule has 1 aliphatic heterocycles. The fourth-order valence-electron chi connectivity index (χ4n) is 3.27. The fourth-order valence-corrected chi connectivity index (χ4v) is 3.27. The third-order valence-electron chi connectivity index (χ3n) is 4.19. The van der Waals surface area contributed by atoms with Gasteiger partial charge in [0.05, 0.1) is 6.54 Å². The van der Waals surface area contributed by atoms with Crippen molar-refractivity contribution in [1.29, 1.82) is 0 Å². The lowest BCUT2D eigenvalue weighted by molar-refractivity contribution is -0.127. The van der Waals surface area contributed by atoms with E-state index in [1.807, 2.05) is 6.92 Å². The Hall–Kier alpha value is -0.810. The third-order valence-corrected chi connectivity index (χ3v) is 4.19. The summed E-state index contributed by atoms with van der Waals surface area (Å²) in [4.78, 5) is 14.5. The molecular weight excluding hydrogens is 210 g/mol. The first-order chi connectivity index (χ1) is 8.33. The maximum absolute atomic E-state index is 12.1. The Balaban J connectivity index is 2.03. The summed E-state index contributed by atoms with van der Waals surface area (Å²) < 4.78 is 0. The lowest BCUT2D eigenvalue weighted by atomic mass is 9.79. The van der Waals surface area contributed by atoms with E-state index in [2.05, 4.69) is 16.7 Å². The summed E-state index contributed by atoms with van der Waals surface area (Å²) >= 11 is 0. The minimum atomic E-state index is 0.308. The number of nitrogens with zero attached hydrogens (tertiary/aromatic N) is 1. The first-order valence-electron chi connectivity index (χ1n) is 6.99. The van der Waals surface area contributed by atoms with Crippen molar-refractivity contribution in [2.45, 2.75) is 57.9 Å². The molecule has 2 fully saturated rings. The van der Waals surface area contributed by atoms with Gasteiger partial charge in [-0.25, -0.2) is 0 Å². The molecule has 1 saturated heterocycles. The molecule has 0 amide bonds. The monoisotopic (exact) mass is 233 g/mol. The molecule has 17 heavy (non-hydrogen) atoms. The van der Waals surface area contributed by atoms with Crippen molar-refractivity contribution in [3.8, 4) is 11.8 Å². The second kappa shape index (κ2) is 6.21. The minimum Gasteiger partial charge on any atom is -0.299 e. The number of likely N-dealkylation sites (tertiary alicyclic amines) is 1. The summed E-state index contributed by atoms with van der Waals surface area (Å²) in [5, 5.41) is 0. The zero-order chi connectivity index (χ0) is 12.1. The van der Waals surface area contributed by atoms with Gasteiger partial charge in [-0.3, -0.25) is 9.69 Å². The summed E-state index contributed by atoms with van der Waals surface area (Å²) in [5.41, 5.74) is 0. The van der Waals surface area contributed by atoms with E-state index in [1.165, 1.54) is 25.7 Å². The predicted molar refractivity (Wildman–Crippen MR) is 69.6 cm³/mol. The number of carbonyl (C=O) groups is 1. The predicted octanol–water partition coefficient (Wildman–Crippen LogP) is 2.62. The highest BCUT2D eigenvalue weighted by Crippen LogP contribution is 2.31. The molecule has 2 nitrogen and oxygen atoms in total. The van der Waals surface area contributed by atoms with Gasteiger partial charge in [-0.1, -0.05) is 18.8 Å². The SMILES string of the molecule is CC#CCN1CCCCC1C1CCCCC1=O. The number of carbonyl (C=O) groups excluding carboxylic acids is 1. The van der Waals surface area contributed by atoms with E-state index >= 15 is 0 Å². The molecule has 0 aromatic rings. The Morgan fingerprint density at radius 1 is 1.24 bits per heavy atom. The zero-order valence-electron chi connectivity index (χ0n) is 10.9. The smallest absolute Gasteiger partial charge is 0.137 e. The minimum absolute atomic E-state index is 0.308. The average Bonchev–Trinajstić information content (AvgIpc) is 2.37. The average molecular weight is 233 g/mol. The largest absolute Gasteiger partial charge is 0.299 e. The first kappa shape index (κ1) is 12.6. The highest BCUT2D eigenvalue weighted by atomic mass is 16.1. The van der Waals surface area contributed by atoms with Gasteiger partial charge in [-0.15, -0.1) is 5.92 Å². The van der Waals surface area contributed by atoms with Crippen LogP contribution in [0.25, 0.3) is 0 Å². The maximum Gasteiger partial charge on any atom is 0.137 e. The fraction of sp³-hybridized carbons (Fsp3) is 0.800. The molecule has 2 aliphatic rings. The maximum atomic E-state index is 12.1. The van der Waals surface area contributed by atoms with Crippen LogP contribution in [-0.4, -0.2) is 29.8 Å².